The van der Waals surface area contributed by atoms with Gasteiger partial charge in [0.15, 0.2) is 0 Å². The third kappa shape index (κ3) is 3.69. The van der Waals surface area contributed by atoms with Crippen molar-refractivity contribution in [2.45, 2.75) is 18.9 Å². The highest BCUT2D eigenvalue weighted by atomic mass is 16.2. The Morgan fingerprint density at radius 1 is 0.960 bits per heavy atom. The molecule has 4 rings (SSSR count). The van der Waals surface area contributed by atoms with E-state index in [4.69, 9.17) is 0 Å². The lowest BCUT2D eigenvalue weighted by Crippen LogP contribution is -2.48. The van der Waals surface area contributed by atoms with Crippen molar-refractivity contribution >= 4 is 11.6 Å². The molecule has 4 heteroatoms. The van der Waals surface area contributed by atoms with Crippen LogP contribution in [0.4, 0.5) is 5.69 Å². The molecule has 2 aromatic carbocycles. The highest BCUT2D eigenvalue weighted by molar-refractivity contribution is 5.78. The van der Waals surface area contributed by atoms with E-state index in [9.17, 15) is 4.79 Å². The number of nitrogens with zero attached hydrogens (tertiary/aromatic N) is 2. The van der Waals surface area contributed by atoms with Crippen molar-refractivity contribution < 1.29 is 4.79 Å². The molecule has 0 aliphatic carbocycles. The zero-order valence-electron chi connectivity index (χ0n) is 14.5. The standard InChI is InChI=1S/C21H25N3O/c25-21(14-18-15-22-20-9-5-4-8-19(18)20)24-12-10-23(11-13-24)16-17-6-2-1-3-7-17/h1-9,18,22H,10-16H2. The molecule has 1 fully saturated rings. The number of fused-ring (bicyclic) bond motifs is 1. The van der Waals surface area contributed by atoms with Crippen molar-refractivity contribution in [1.82, 2.24) is 9.80 Å². The number of rotatable bonds is 4. The molecule has 1 amide bonds. The second-order valence-corrected chi connectivity index (χ2v) is 7.01. The molecule has 2 aliphatic heterocycles. The minimum atomic E-state index is 0.294. The molecule has 1 saturated heterocycles. The third-order valence-electron chi connectivity index (χ3n) is 5.33. The Labute approximate surface area is 149 Å². The second kappa shape index (κ2) is 7.28. The molecular formula is C21H25N3O. The summed E-state index contributed by atoms with van der Waals surface area (Å²) < 4.78 is 0. The predicted molar refractivity (Wildman–Crippen MR) is 101 cm³/mol. The lowest BCUT2D eigenvalue weighted by molar-refractivity contribution is -0.133. The van der Waals surface area contributed by atoms with Crippen LogP contribution >= 0.6 is 0 Å². The van der Waals surface area contributed by atoms with Crippen molar-refractivity contribution in [2.24, 2.45) is 0 Å². The van der Waals surface area contributed by atoms with Gasteiger partial charge in [0.25, 0.3) is 0 Å². The Morgan fingerprint density at radius 2 is 1.68 bits per heavy atom. The molecule has 0 bridgehead atoms. The summed E-state index contributed by atoms with van der Waals surface area (Å²) in [7, 11) is 0. The van der Waals surface area contributed by atoms with Crippen LogP contribution in [0.3, 0.4) is 0 Å². The molecular weight excluding hydrogens is 310 g/mol. The average Bonchev–Trinajstić information content (AvgIpc) is 3.06. The van der Waals surface area contributed by atoms with E-state index in [2.05, 4.69) is 58.7 Å². The Hall–Kier alpha value is -2.33. The average molecular weight is 335 g/mol. The topological polar surface area (TPSA) is 35.6 Å². The van der Waals surface area contributed by atoms with Crippen LogP contribution in [-0.4, -0.2) is 48.4 Å². The molecule has 4 nitrogen and oxygen atoms in total. The van der Waals surface area contributed by atoms with E-state index in [1.165, 1.54) is 16.8 Å². The first kappa shape index (κ1) is 16.2. The molecule has 2 aliphatic rings. The monoisotopic (exact) mass is 335 g/mol. The lowest BCUT2D eigenvalue weighted by Gasteiger charge is -2.35. The summed E-state index contributed by atoms with van der Waals surface area (Å²) in [6, 6.07) is 18.9. The Kier molecular flexibility index (Phi) is 4.70. The molecule has 130 valence electrons. The summed E-state index contributed by atoms with van der Waals surface area (Å²) in [5, 5.41) is 3.41. The fourth-order valence-electron chi connectivity index (χ4n) is 3.88. The number of carbonyl (C=O) groups is 1. The van der Waals surface area contributed by atoms with E-state index in [1.54, 1.807) is 0 Å². The quantitative estimate of drug-likeness (QED) is 0.933. The van der Waals surface area contributed by atoms with Gasteiger partial charge in [0.05, 0.1) is 0 Å². The van der Waals surface area contributed by atoms with Crippen molar-refractivity contribution in [3.8, 4) is 0 Å². The summed E-state index contributed by atoms with van der Waals surface area (Å²) in [6.07, 6.45) is 0.614. The van der Waals surface area contributed by atoms with Gasteiger partial charge in [0.2, 0.25) is 5.91 Å². The van der Waals surface area contributed by atoms with Gasteiger partial charge in [0, 0.05) is 57.3 Å². The highest BCUT2D eigenvalue weighted by Crippen LogP contribution is 2.33. The summed E-state index contributed by atoms with van der Waals surface area (Å²) >= 11 is 0. The molecule has 1 atom stereocenters. The van der Waals surface area contributed by atoms with Crippen LogP contribution in [0.2, 0.25) is 0 Å². The fourth-order valence-corrected chi connectivity index (χ4v) is 3.88. The number of benzene rings is 2. The van der Waals surface area contributed by atoms with Crippen LogP contribution in [0.1, 0.15) is 23.5 Å². The van der Waals surface area contributed by atoms with Gasteiger partial charge in [-0.1, -0.05) is 48.5 Å². The smallest absolute Gasteiger partial charge is 0.223 e. The summed E-state index contributed by atoms with van der Waals surface area (Å²) in [6.45, 7) is 5.45. The molecule has 0 saturated carbocycles. The van der Waals surface area contributed by atoms with Gasteiger partial charge in [-0.15, -0.1) is 0 Å². The minimum absolute atomic E-state index is 0.294. The van der Waals surface area contributed by atoms with Crippen molar-refractivity contribution in [2.75, 3.05) is 38.0 Å². The van der Waals surface area contributed by atoms with E-state index >= 15 is 0 Å². The van der Waals surface area contributed by atoms with Crippen LogP contribution in [0.25, 0.3) is 0 Å². The molecule has 1 N–H and O–H groups in total. The highest BCUT2D eigenvalue weighted by Gasteiger charge is 2.27. The number of hydrogen-bond acceptors (Lipinski definition) is 3. The van der Waals surface area contributed by atoms with Gasteiger partial charge in [-0.2, -0.15) is 0 Å². The van der Waals surface area contributed by atoms with Crippen LogP contribution in [0, 0.1) is 0 Å². The SMILES string of the molecule is O=C(CC1CNc2ccccc21)N1CCN(Cc2ccccc2)CC1. The van der Waals surface area contributed by atoms with E-state index in [0.29, 0.717) is 18.2 Å². The van der Waals surface area contributed by atoms with Crippen molar-refractivity contribution in [1.29, 1.82) is 0 Å². The number of hydrogen-bond donors (Lipinski definition) is 1. The van der Waals surface area contributed by atoms with E-state index in [-0.39, 0.29) is 0 Å². The number of para-hydroxylation sites is 1. The minimum Gasteiger partial charge on any atom is -0.384 e. The Bertz CT molecular complexity index is 723. The molecule has 25 heavy (non-hydrogen) atoms. The van der Waals surface area contributed by atoms with Crippen LogP contribution in [0.5, 0.6) is 0 Å². The maximum Gasteiger partial charge on any atom is 0.223 e. The summed E-state index contributed by atoms with van der Waals surface area (Å²) in [5.74, 6) is 0.605. The van der Waals surface area contributed by atoms with Crippen molar-refractivity contribution in [3.63, 3.8) is 0 Å². The molecule has 0 aromatic heterocycles. The molecule has 0 radical (unpaired) electrons. The number of piperazine rings is 1. The molecule has 1 unspecified atom stereocenters. The normalized spacial score (nSPS) is 20.2. The molecule has 0 spiro atoms. The lowest BCUT2D eigenvalue weighted by atomic mass is 9.97. The van der Waals surface area contributed by atoms with Gasteiger partial charge in [-0.25, -0.2) is 0 Å². The maximum atomic E-state index is 12.7. The Morgan fingerprint density at radius 3 is 2.48 bits per heavy atom. The maximum absolute atomic E-state index is 12.7. The van der Waals surface area contributed by atoms with E-state index in [0.717, 1.165) is 39.3 Å². The third-order valence-corrected chi connectivity index (χ3v) is 5.33. The largest absolute Gasteiger partial charge is 0.384 e. The first-order chi connectivity index (χ1) is 12.3. The summed E-state index contributed by atoms with van der Waals surface area (Å²) in [4.78, 5) is 17.2. The Balaban J connectivity index is 1.29. The zero-order chi connectivity index (χ0) is 17.1. The van der Waals surface area contributed by atoms with E-state index < -0.39 is 0 Å². The second-order valence-electron chi connectivity index (χ2n) is 7.01. The zero-order valence-corrected chi connectivity index (χ0v) is 14.5. The first-order valence-corrected chi connectivity index (χ1v) is 9.16. The van der Waals surface area contributed by atoms with E-state index in [1.807, 2.05) is 11.0 Å². The van der Waals surface area contributed by atoms with Gasteiger partial charge in [0.1, 0.15) is 0 Å². The van der Waals surface area contributed by atoms with Gasteiger partial charge in [-0.3, -0.25) is 9.69 Å². The number of amides is 1. The van der Waals surface area contributed by atoms with Gasteiger partial charge < -0.3 is 10.2 Å². The van der Waals surface area contributed by atoms with Crippen LogP contribution in [-0.2, 0) is 11.3 Å². The van der Waals surface area contributed by atoms with Crippen LogP contribution in [0.15, 0.2) is 54.6 Å². The number of anilines is 1. The first-order valence-electron chi connectivity index (χ1n) is 9.16. The van der Waals surface area contributed by atoms with Crippen molar-refractivity contribution in [3.05, 3.63) is 65.7 Å². The fraction of sp³-hybridized carbons (Fsp3) is 0.381. The number of nitrogens with one attached hydrogen (secondary N) is 1. The summed E-state index contributed by atoms with van der Waals surface area (Å²) in [5.41, 5.74) is 3.82. The van der Waals surface area contributed by atoms with Gasteiger partial charge in [-0.05, 0) is 17.2 Å². The van der Waals surface area contributed by atoms with Gasteiger partial charge >= 0.3 is 0 Å². The molecule has 2 heterocycles. The number of carbonyl (C=O) groups excluding carboxylic acids is 1. The molecule has 2 aromatic rings. The van der Waals surface area contributed by atoms with Crippen LogP contribution < -0.4 is 5.32 Å². The predicted octanol–water partition coefficient (Wildman–Crippen LogP) is 2.93.